The van der Waals surface area contributed by atoms with Gasteiger partial charge < -0.3 is 15.2 Å². The van der Waals surface area contributed by atoms with Crippen molar-refractivity contribution in [2.24, 2.45) is 5.73 Å². The summed E-state index contributed by atoms with van der Waals surface area (Å²) in [5.74, 6) is 0.130. The van der Waals surface area contributed by atoms with Crippen LogP contribution in [-0.2, 0) is 4.79 Å². The SMILES string of the molecule is COc1ccc2c(c1)OC(C(N)=O)CC2=O. The molecule has 5 heteroatoms. The molecular formula is C11H11NO4. The molecule has 0 radical (unpaired) electrons. The van der Waals surface area contributed by atoms with E-state index in [1.807, 2.05) is 0 Å². The summed E-state index contributed by atoms with van der Waals surface area (Å²) >= 11 is 0. The van der Waals surface area contributed by atoms with Crippen molar-refractivity contribution in [2.75, 3.05) is 7.11 Å². The molecule has 0 saturated heterocycles. The predicted octanol–water partition coefficient (Wildman–Crippen LogP) is 0.514. The minimum atomic E-state index is -0.882. The van der Waals surface area contributed by atoms with E-state index in [1.165, 1.54) is 7.11 Å². The molecule has 0 spiro atoms. The summed E-state index contributed by atoms with van der Waals surface area (Å²) in [6.45, 7) is 0. The predicted molar refractivity (Wildman–Crippen MR) is 55.6 cm³/mol. The van der Waals surface area contributed by atoms with Gasteiger partial charge in [-0.05, 0) is 12.1 Å². The van der Waals surface area contributed by atoms with Crippen molar-refractivity contribution in [1.29, 1.82) is 0 Å². The topological polar surface area (TPSA) is 78.6 Å². The van der Waals surface area contributed by atoms with E-state index >= 15 is 0 Å². The monoisotopic (exact) mass is 221 g/mol. The van der Waals surface area contributed by atoms with Crippen molar-refractivity contribution in [3.05, 3.63) is 23.8 Å². The minimum absolute atomic E-state index is 0.00530. The number of ether oxygens (including phenoxy) is 2. The van der Waals surface area contributed by atoms with Crippen LogP contribution in [-0.4, -0.2) is 24.9 Å². The van der Waals surface area contributed by atoms with E-state index in [2.05, 4.69) is 0 Å². The number of hydrogen-bond donors (Lipinski definition) is 1. The maximum atomic E-state index is 11.7. The van der Waals surface area contributed by atoms with Crippen LogP contribution in [0.3, 0.4) is 0 Å². The second-order valence-corrected chi connectivity index (χ2v) is 3.50. The van der Waals surface area contributed by atoms with Crippen molar-refractivity contribution in [2.45, 2.75) is 12.5 Å². The number of hydrogen-bond acceptors (Lipinski definition) is 4. The van der Waals surface area contributed by atoms with Gasteiger partial charge in [0, 0.05) is 6.07 Å². The summed E-state index contributed by atoms with van der Waals surface area (Å²) < 4.78 is 10.3. The molecule has 1 aliphatic heterocycles. The molecule has 0 saturated carbocycles. The summed E-state index contributed by atoms with van der Waals surface area (Å²) in [6.07, 6.45) is -0.888. The molecule has 0 aliphatic carbocycles. The lowest BCUT2D eigenvalue weighted by atomic mass is 10.0. The van der Waals surface area contributed by atoms with Crippen LogP contribution < -0.4 is 15.2 Å². The summed E-state index contributed by atoms with van der Waals surface area (Å²) in [7, 11) is 1.51. The fraction of sp³-hybridized carbons (Fsp3) is 0.273. The second kappa shape index (κ2) is 3.84. The lowest BCUT2D eigenvalue weighted by Crippen LogP contribution is -2.38. The molecule has 1 amide bonds. The Bertz CT molecular complexity index is 455. The van der Waals surface area contributed by atoms with Crippen LogP contribution in [0.15, 0.2) is 18.2 Å². The van der Waals surface area contributed by atoms with E-state index in [1.54, 1.807) is 18.2 Å². The normalized spacial score (nSPS) is 18.6. The smallest absolute Gasteiger partial charge is 0.258 e. The number of fused-ring (bicyclic) bond motifs is 1. The van der Waals surface area contributed by atoms with Crippen molar-refractivity contribution >= 4 is 11.7 Å². The van der Waals surface area contributed by atoms with Gasteiger partial charge in [-0.2, -0.15) is 0 Å². The highest BCUT2D eigenvalue weighted by molar-refractivity contribution is 6.03. The summed E-state index contributed by atoms with van der Waals surface area (Å²) in [4.78, 5) is 22.6. The van der Waals surface area contributed by atoms with Crippen LogP contribution in [0.4, 0.5) is 0 Å². The van der Waals surface area contributed by atoms with Gasteiger partial charge in [0.1, 0.15) is 11.5 Å². The lowest BCUT2D eigenvalue weighted by molar-refractivity contribution is -0.124. The van der Waals surface area contributed by atoms with Crippen molar-refractivity contribution in [3.8, 4) is 11.5 Å². The van der Waals surface area contributed by atoms with Gasteiger partial charge >= 0.3 is 0 Å². The first-order valence-electron chi connectivity index (χ1n) is 4.79. The summed E-state index contributed by atoms with van der Waals surface area (Å²) in [5, 5.41) is 0. The van der Waals surface area contributed by atoms with Gasteiger partial charge in [0.15, 0.2) is 11.9 Å². The molecule has 0 aromatic heterocycles. The third kappa shape index (κ3) is 1.71. The van der Waals surface area contributed by atoms with Gasteiger partial charge in [-0.25, -0.2) is 0 Å². The summed E-state index contributed by atoms with van der Waals surface area (Å²) in [6, 6.07) is 4.86. The average Bonchev–Trinajstić information content (AvgIpc) is 2.28. The van der Waals surface area contributed by atoms with E-state index in [0.717, 1.165) is 0 Å². The molecule has 1 unspecified atom stereocenters. The lowest BCUT2D eigenvalue weighted by Gasteiger charge is -2.23. The molecule has 1 aromatic rings. The molecule has 5 nitrogen and oxygen atoms in total. The molecule has 16 heavy (non-hydrogen) atoms. The third-order valence-electron chi connectivity index (χ3n) is 2.45. The Hall–Kier alpha value is -2.04. The van der Waals surface area contributed by atoms with Crippen LogP contribution in [0.2, 0.25) is 0 Å². The molecule has 1 heterocycles. The van der Waals surface area contributed by atoms with E-state index in [9.17, 15) is 9.59 Å². The molecule has 1 aromatic carbocycles. The molecule has 0 bridgehead atoms. The van der Waals surface area contributed by atoms with Crippen LogP contribution in [0, 0.1) is 0 Å². The fourth-order valence-corrected chi connectivity index (χ4v) is 1.59. The summed E-state index contributed by atoms with van der Waals surface area (Å²) in [5.41, 5.74) is 5.57. The molecule has 1 aliphatic rings. The first kappa shape index (κ1) is 10.5. The van der Waals surface area contributed by atoms with E-state index < -0.39 is 12.0 Å². The number of carbonyl (C=O) groups is 2. The zero-order valence-electron chi connectivity index (χ0n) is 8.73. The maximum Gasteiger partial charge on any atom is 0.258 e. The van der Waals surface area contributed by atoms with Crippen LogP contribution in [0.1, 0.15) is 16.8 Å². The first-order valence-corrected chi connectivity index (χ1v) is 4.79. The highest BCUT2D eigenvalue weighted by Crippen LogP contribution is 2.31. The molecule has 84 valence electrons. The third-order valence-corrected chi connectivity index (χ3v) is 2.45. The number of benzene rings is 1. The zero-order valence-corrected chi connectivity index (χ0v) is 8.73. The number of carbonyl (C=O) groups excluding carboxylic acids is 2. The van der Waals surface area contributed by atoms with Crippen LogP contribution in [0.25, 0.3) is 0 Å². The van der Waals surface area contributed by atoms with Crippen molar-refractivity contribution in [3.63, 3.8) is 0 Å². The Morgan fingerprint density at radius 1 is 1.56 bits per heavy atom. The Kier molecular flexibility index (Phi) is 2.52. The second-order valence-electron chi connectivity index (χ2n) is 3.50. The molecule has 2 rings (SSSR count). The standard InChI is InChI=1S/C11H11NO4/c1-15-6-2-3-7-8(13)5-10(11(12)14)16-9(7)4-6/h2-4,10H,5H2,1H3,(H2,12,14). The Labute approximate surface area is 92.1 Å². The fourth-order valence-electron chi connectivity index (χ4n) is 1.59. The quantitative estimate of drug-likeness (QED) is 0.789. The average molecular weight is 221 g/mol. The number of ketones is 1. The van der Waals surface area contributed by atoms with Crippen LogP contribution in [0.5, 0.6) is 11.5 Å². The zero-order chi connectivity index (χ0) is 11.7. The maximum absolute atomic E-state index is 11.7. The van der Waals surface area contributed by atoms with Gasteiger partial charge in [0.2, 0.25) is 0 Å². The molecule has 2 N–H and O–H groups in total. The highest BCUT2D eigenvalue weighted by Gasteiger charge is 2.30. The Morgan fingerprint density at radius 2 is 2.31 bits per heavy atom. The first-order chi connectivity index (χ1) is 7.61. The minimum Gasteiger partial charge on any atom is -0.497 e. The number of Topliss-reactive ketones (excluding diaryl/α,β-unsaturated/α-hetero) is 1. The van der Waals surface area contributed by atoms with E-state index in [-0.39, 0.29) is 12.2 Å². The van der Waals surface area contributed by atoms with Crippen LogP contribution >= 0.6 is 0 Å². The number of rotatable bonds is 2. The Morgan fingerprint density at radius 3 is 2.94 bits per heavy atom. The number of methoxy groups -OCH3 is 1. The molecule has 0 fully saturated rings. The molecular weight excluding hydrogens is 210 g/mol. The number of amides is 1. The highest BCUT2D eigenvalue weighted by atomic mass is 16.5. The van der Waals surface area contributed by atoms with Crippen molar-refractivity contribution in [1.82, 2.24) is 0 Å². The van der Waals surface area contributed by atoms with E-state index in [4.69, 9.17) is 15.2 Å². The van der Waals surface area contributed by atoms with Gasteiger partial charge in [-0.15, -0.1) is 0 Å². The Balaban J connectivity index is 2.39. The van der Waals surface area contributed by atoms with Gasteiger partial charge in [0.25, 0.3) is 5.91 Å². The van der Waals surface area contributed by atoms with Gasteiger partial charge in [0.05, 0.1) is 19.1 Å². The van der Waals surface area contributed by atoms with Gasteiger partial charge in [-0.3, -0.25) is 9.59 Å². The van der Waals surface area contributed by atoms with Gasteiger partial charge in [-0.1, -0.05) is 0 Å². The van der Waals surface area contributed by atoms with Crippen molar-refractivity contribution < 1.29 is 19.1 Å². The van der Waals surface area contributed by atoms with E-state index in [0.29, 0.717) is 17.1 Å². The number of nitrogens with two attached hydrogens (primary N) is 1. The number of primary amides is 1. The largest absolute Gasteiger partial charge is 0.497 e. The molecule has 1 atom stereocenters.